The van der Waals surface area contributed by atoms with Crippen LogP contribution in [0.1, 0.15) is 24.8 Å². The summed E-state index contributed by atoms with van der Waals surface area (Å²) in [6.45, 7) is 2.32. The van der Waals surface area contributed by atoms with Crippen LogP contribution in [0.5, 0.6) is 0 Å². The van der Waals surface area contributed by atoms with Crippen LogP contribution >= 0.6 is 11.6 Å². The minimum Gasteiger partial charge on any atom is -0.396 e. The van der Waals surface area contributed by atoms with Gasteiger partial charge < -0.3 is 5.11 Å². The van der Waals surface area contributed by atoms with Gasteiger partial charge >= 0.3 is 0 Å². The molecule has 1 nitrogen and oxygen atoms in total. The molecule has 1 atom stereocenters. The smallest absolute Gasteiger partial charge is 0.0436 e. The summed E-state index contributed by atoms with van der Waals surface area (Å²) in [5.41, 5.74) is 1.19. The fourth-order valence-corrected chi connectivity index (χ4v) is 1.37. The fourth-order valence-electron chi connectivity index (χ4n) is 1.17. The zero-order valence-corrected chi connectivity index (χ0v) is 7.88. The van der Waals surface area contributed by atoms with E-state index < -0.39 is 0 Å². The first kappa shape index (κ1) is 9.56. The van der Waals surface area contributed by atoms with Crippen LogP contribution in [0.15, 0.2) is 24.3 Å². The normalized spacial score (nSPS) is 12.9. The molecule has 0 bridgehead atoms. The largest absolute Gasteiger partial charge is 0.396 e. The zero-order chi connectivity index (χ0) is 8.97. The fraction of sp³-hybridized carbons (Fsp3) is 0.400. The van der Waals surface area contributed by atoms with Crippen LogP contribution in [-0.4, -0.2) is 11.7 Å². The van der Waals surface area contributed by atoms with Crippen LogP contribution in [0.2, 0.25) is 5.02 Å². The molecule has 1 rings (SSSR count). The molecule has 0 aliphatic rings. The lowest BCUT2D eigenvalue weighted by atomic mass is 9.98. The summed E-state index contributed by atoms with van der Waals surface area (Å²) in [6.07, 6.45) is 0.792. The Morgan fingerprint density at radius 3 is 2.83 bits per heavy atom. The Bertz CT molecular complexity index is 247. The van der Waals surface area contributed by atoms with Gasteiger partial charge in [-0.05, 0) is 30.0 Å². The topological polar surface area (TPSA) is 20.2 Å². The number of rotatable bonds is 3. The molecule has 0 unspecified atom stereocenters. The second-order valence-electron chi connectivity index (χ2n) is 2.97. The molecule has 1 aromatic carbocycles. The maximum absolute atomic E-state index is 8.73. The molecule has 0 heterocycles. The standard InChI is InChI=1S/C10H13ClO/c1-8(5-6-12)9-3-2-4-10(11)7-9/h2-4,7-8,12H,5-6H2,1H3/t8-/m0/s1. The Balaban J connectivity index is 2.73. The van der Waals surface area contributed by atoms with Crippen molar-refractivity contribution in [3.63, 3.8) is 0 Å². The number of halogens is 1. The second kappa shape index (κ2) is 4.48. The quantitative estimate of drug-likeness (QED) is 0.766. The van der Waals surface area contributed by atoms with E-state index in [1.54, 1.807) is 0 Å². The Labute approximate surface area is 78.0 Å². The summed E-state index contributed by atoms with van der Waals surface area (Å²) < 4.78 is 0. The Morgan fingerprint density at radius 2 is 2.25 bits per heavy atom. The van der Waals surface area contributed by atoms with Gasteiger partial charge in [0.05, 0.1) is 0 Å². The number of benzene rings is 1. The van der Waals surface area contributed by atoms with Gasteiger partial charge in [0.1, 0.15) is 0 Å². The molecule has 1 N–H and O–H groups in total. The molecule has 2 heteroatoms. The summed E-state index contributed by atoms with van der Waals surface area (Å²) in [5.74, 6) is 0.383. The van der Waals surface area contributed by atoms with Crippen molar-refractivity contribution in [1.82, 2.24) is 0 Å². The van der Waals surface area contributed by atoms with Gasteiger partial charge in [0, 0.05) is 11.6 Å². The molecule has 66 valence electrons. The van der Waals surface area contributed by atoms with Crippen LogP contribution in [0.3, 0.4) is 0 Å². The molecule has 0 fully saturated rings. The van der Waals surface area contributed by atoms with Gasteiger partial charge in [-0.25, -0.2) is 0 Å². The average molecular weight is 185 g/mol. The molecule has 0 saturated carbocycles. The molecule has 0 radical (unpaired) electrons. The van der Waals surface area contributed by atoms with Crippen LogP contribution < -0.4 is 0 Å². The van der Waals surface area contributed by atoms with Crippen LogP contribution in [-0.2, 0) is 0 Å². The highest BCUT2D eigenvalue weighted by molar-refractivity contribution is 6.30. The molecule has 0 amide bonds. The van der Waals surface area contributed by atoms with E-state index in [-0.39, 0.29) is 6.61 Å². The van der Waals surface area contributed by atoms with E-state index in [4.69, 9.17) is 16.7 Å². The predicted octanol–water partition coefficient (Wildman–Crippen LogP) is 2.83. The van der Waals surface area contributed by atoms with Crippen molar-refractivity contribution < 1.29 is 5.11 Å². The van der Waals surface area contributed by atoms with Gasteiger partial charge in [-0.15, -0.1) is 0 Å². The number of hydrogen-bond donors (Lipinski definition) is 1. The SMILES string of the molecule is C[C@@H](CCO)c1cccc(Cl)c1. The molecule has 0 aliphatic carbocycles. The highest BCUT2D eigenvalue weighted by Crippen LogP contribution is 2.21. The number of hydrogen-bond acceptors (Lipinski definition) is 1. The van der Waals surface area contributed by atoms with Crippen LogP contribution in [0.25, 0.3) is 0 Å². The van der Waals surface area contributed by atoms with Gasteiger partial charge in [0.2, 0.25) is 0 Å². The van der Waals surface area contributed by atoms with Gasteiger partial charge in [0.25, 0.3) is 0 Å². The van der Waals surface area contributed by atoms with Gasteiger partial charge in [-0.1, -0.05) is 30.7 Å². The van der Waals surface area contributed by atoms with E-state index in [0.717, 1.165) is 11.4 Å². The molecular weight excluding hydrogens is 172 g/mol. The third kappa shape index (κ3) is 2.50. The van der Waals surface area contributed by atoms with Gasteiger partial charge in [-0.2, -0.15) is 0 Å². The lowest BCUT2D eigenvalue weighted by molar-refractivity contribution is 0.278. The second-order valence-corrected chi connectivity index (χ2v) is 3.40. The minimum atomic E-state index is 0.230. The van der Waals surface area contributed by atoms with E-state index in [9.17, 15) is 0 Å². The zero-order valence-electron chi connectivity index (χ0n) is 7.13. The molecule has 0 aromatic heterocycles. The summed E-state index contributed by atoms with van der Waals surface area (Å²) in [4.78, 5) is 0. The number of aliphatic hydroxyl groups excluding tert-OH is 1. The highest BCUT2D eigenvalue weighted by Gasteiger charge is 2.03. The van der Waals surface area contributed by atoms with E-state index in [2.05, 4.69) is 6.92 Å². The highest BCUT2D eigenvalue weighted by atomic mass is 35.5. The minimum absolute atomic E-state index is 0.230. The van der Waals surface area contributed by atoms with Crippen LogP contribution in [0, 0.1) is 0 Å². The maximum atomic E-state index is 8.73. The summed E-state index contributed by atoms with van der Waals surface area (Å²) in [6, 6.07) is 7.77. The monoisotopic (exact) mass is 184 g/mol. The number of aliphatic hydroxyl groups is 1. The molecule has 0 saturated heterocycles. The molecule has 0 spiro atoms. The summed E-state index contributed by atoms with van der Waals surface area (Å²) in [5, 5.41) is 9.50. The molecule has 1 aromatic rings. The third-order valence-electron chi connectivity index (χ3n) is 1.98. The summed E-state index contributed by atoms with van der Waals surface area (Å²) >= 11 is 5.83. The van der Waals surface area contributed by atoms with Crippen molar-refractivity contribution in [3.05, 3.63) is 34.9 Å². The molecule has 12 heavy (non-hydrogen) atoms. The van der Waals surface area contributed by atoms with E-state index in [1.807, 2.05) is 24.3 Å². The first-order valence-electron chi connectivity index (χ1n) is 4.10. The van der Waals surface area contributed by atoms with Gasteiger partial charge in [0.15, 0.2) is 0 Å². The maximum Gasteiger partial charge on any atom is 0.0436 e. The Hall–Kier alpha value is -0.530. The van der Waals surface area contributed by atoms with E-state index >= 15 is 0 Å². The van der Waals surface area contributed by atoms with Gasteiger partial charge in [-0.3, -0.25) is 0 Å². The third-order valence-corrected chi connectivity index (χ3v) is 2.21. The van der Waals surface area contributed by atoms with Crippen LogP contribution in [0.4, 0.5) is 0 Å². The summed E-state index contributed by atoms with van der Waals surface area (Å²) in [7, 11) is 0. The van der Waals surface area contributed by atoms with Crippen molar-refractivity contribution in [2.45, 2.75) is 19.3 Å². The van der Waals surface area contributed by atoms with Crippen molar-refractivity contribution in [1.29, 1.82) is 0 Å². The lowest BCUT2D eigenvalue weighted by Gasteiger charge is -2.09. The van der Waals surface area contributed by atoms with Crippen molar-refractivity contribution in [2.75, 3.05) is 6.61 Å². The van der Waals surface area contributed by atoms with Crippen molar-refractivity contribution in [2.24, 2.45) is 0 Å². The Kier molecular flexibility index (Phi) is 3.57. The molecular formula is C10H13ClO. The van der Waals surface area contributed by atoms with E-state index in [0.29, 0.717) is 5.92 Å². The first-order valence-corrected chi connectivity index (χ1v) is 4.48. The Morgan fingerprint density at radius 1 is 1.50 bits per heavy atom. The van der Waals surface area contributed by atoms with Crippen molar-refractivity contribution in [3.8, 4) is 0 Å². The first-order chi connectivity index (χ1) is 5.74. The molecule has 0 aliphatic heterocycles. The lowest BCUT2D eigenvalue weighted by Crippen LogP contribution is -1.96. The predicted molar refractivity (Wildman–Crippen MR) is 51.6 cm³/mol. The van der Waals surface area contributed by atoms with Crippen molar-refractivity contribution >= 4 is 11.6 Å². The average Bonchev–Trinajstić information content (AvgIpc) is 2.05. The van der Waals surface area contributed by atoms with E-state index in [1.165, 1.54) is 5.56 Å².